The van der Waals surface area contributed by atoms with Crippen LogP contribution >= 0.6 is 0 Å². The topological polar surface area (TPSA) is 70.3 Å². The van der Waals surface area contributed by atoms with Gasteiger partial charge in [-0.3, -0.25) is 0 Å². The van der Waals surface area contributed by atoms with Crippen molar-refractivity contribution < 1.29 is 9.47 Å². The van der Waals surface area contributed by atoms with E-state index in [2.05, 4.69) is 9.97 Å². The monoisotopic (exact) mass is 249 g/mol. The van der Waals surface area contributed by atoms with Gasteiger partial charge in [0.2, 0.25) is 0 Å². The quantitative estimate of drug-likeness (QED) is 0.848. The van der Waals surface area contributed by atoms with Crippen molar-refractivity contribution in [3.05, 3.63) is 24.3 Å². The average Bonchev–Trinajstić information content (AvgIpc) is 2.87. The Bertz CT molecular complexity index is 392. The molecule has 3 heterocycles. The molecule has 2 saturated heterocycles. The van der Waals surface area contributed by atoms with Gasteiger partial charge in [0.15, 0.2) is 0 Å². The van der Waals surface area contributed by atoms with Crippen molar-refractivity contribution in [1.82, 2.24) is 9.97 Å². The van der Waals surface area contributed by atoms with Crippen LogP contribution in [0.5, 0.6) is 0 Å². The van der Waals surface area contributed by atoms with E-state index in [1.165, 1.54) is 6.33 Å². The Hall–Kier alpha value is -1.04. The molecule has 0 bridgehead atoms. The van der Waals surface area contributed by atoms with Crippen LogP contribution in [-0.4, -0.2) is 35.4 Å². The van der Waals surface area contributed by atoms with Crippen LogP contribution in [0.1, 0.15) is 30.9 Å². The molecule has 2 aliphatic heterocycles. The van der Waals surface area contributed by atoms with Gasteiger partial charge in [-0.25, -0.2) is 9.97 Å². The first kappa shape index (κ1) is 12.0. The van der Waals surface area contributed by atoms with Crippen LogP contribution in [0.3, 0.4) is 0 Å². The minimum Gasteiger partial charge on any atom is -0.378 e. The zero-order valence-corrected chi connectivity index (χ0v) is 10.4. The van der Waals surface area contributed by atoms with E-state index in [4.69, 9.17) is 15.2 Å². The molecule has 1 spiro atoms. The second-order valence-electron chi connectivity index (χ2n) is 5.28. The van der Waals surface area contributed by atoms with Crippen LogP contribution in [0.15, 0.2) is 18.7 Å². The molecule has 2 N–H and O–H groups in total. The molecule has 0 amide bonds. The second kappa shape index (κ2) is 4.91. The van der Waals surface area contributed by atoms with Crippen LogP contribution in [0.4, 0.5) is 0 Å². The average molecular weight is 249 g/mol. The summed E-state index contributed by atoms with van der Waals surface area (Å²) in [6, 6.07) is -0.00688. The van der Waals surface area contributed by atoms with Gasteiger partial charge in [-0.15, -0.1) is 0 Å². The summed E-state index contributed by atoms with van der Waals surface area (Å²) in [7, 11) is 0. The van der Waals surface area contributed by atoms with Crippen molar-refractivity contribution in [2.75, 3.05) is 19.8 Å². The summed E-state index contributed by atoms with van der Waals surface area (Å²) in [6.07, 6.45) is 8.12. The summed E-state index contributed by atoms with van der Waals surface area (Å²) in [5, 5.41) is 0. The smallest absolute Gasteiger partial charge is 0.115 e. The Balaban J connectivity index is 1.72. The van der Waals surface area contributed by atoms with Crippen molar-refractivity contribution in [1.29, 1.82) is 0 Å². The van der Waals surface area contributed by atoms with Crippen LogP contribution < -0.4 is 5.73 Å². The van der Waals surface area contributed by atoms with Crippen LogP contribution in [0, 0.1) is 5.92 Å². The first-order valence-electron chi connectivity index (χ1n) is 6.51. The summed E-state index contributed by atoms with van der Waals surface area (Å²) >= 11 is 0. The SMILES string of the molecule is NC(c1cncnc1)C1CCOC2(CCOC2)C1. The molecule has 18 heavy (non-hydrogen) atoms. The molecule has 0 aromatic carbocycles. The van der Waals surface area contributed by atoms with Crippen molar-refractivity contribution in [2.24, 2.45) is 11.7 Å². The Morgan fingerprint density at radius 2 is 2.17 bits per heavy atom. The van der Waals surface area contributed by atoms with Crippen molar-refractivity contribution >= 4 is 0 Å². The third-order valence-corrected chi connectivity index (χ3v) is 4.07. The van der Waals surface area contributed by atoms with Gasteiger partial charge in [-0.2, -0.15) is 0 Å². The van der Waals surface area contributed by atoms with Crippen molar-refractivity contribution in [3.8, 4) is 0 Å². The molecule has 0 aliphatic carbocycles. The molecule has 3 unspecified atom stereocenters. The zero-order valence-electron chi connectivity index (χ0n) is 10.4. The zero-order chi connectivity index (χ0) is 12.4. The molecule has 5 heteroatoms. The minimum absolute atomic E-state index is 0.00688. The Labute approximate surface area is 107 Å². The third kappa shape index (κ3) is 2.25. The maximum Gasteiger partial charge on any atom is 0.115 e. The van der Waals surface area contributed by atoms with E-state index in [-0.39, 0.29) is 11.6 Å². The number of rotatable bonds is 2. The van der Waals surface area contributed by atoms with Gasteiger partial charge in [0.05, 0.1) is 12.2 Å². The Morgan fingerprint density at radius 3 is 2.89 bits per heavy atom. The Morgan fingerprint density at radius 1 is 1.33 bits per heavy atom. The minimum atomic E-state index is -0.0871. The summed E-state index contributed by atoms with van der Waals surface area (Å²) in [4.78, 5) is 8.09. The molecule has 0 saturated carbocycles. The lowest BCUT2D eigenvalue weighted by Gasteiger charge is -2.39. The number of nitrogens with two attached hydrogens (primary N) is 1. The summed E-state index contributed by atoms with van der Waals surface area (Å²) in [5.74, 6) is 0.423. The highest BCUT2D eigenvalue weighted by molar-refractivity contribution is 5.11. The van der Waals surface area contributed by atoms with Crippen LogP contribution in [0.25, 0.3) is 0 Å². The molecule has 3 rings (SSSR count). The third-order valence-electron chi connectivity index (χ3n) is 4.07. The van der Waals surface area contributed by atoms with E-state index in [1.54, 1.807) is 0 Å². The highest BCUT2D eigenvalue weighted by Gasteiger charge is 2.42. The molecule has 5 nitrogen and oxygen atoms in total. The van der Waals surface area contributed by atoms with E-state index in [0.29, 0.717) is 12.5 Å². The van der Waals surface area contributed by atoms with Gasteiger partial charge in [0.25, 0.3) is 0 Å². The molecular formula is C13H19N3O2. The van der Waals surface area contributed by atoms with Crippen LogP contribution in [0.2, 0.25) is 0 Å². The van der Waals surface area contributed by atoms with E-state index >= 15 is 0 Å². The standard InChI is InChI=1S/C13H19N3O2/c14-12(11-6-15-9-16-7-11)10-1-3-18-13(5-10)2-4-17-8-13/h6-7,9-10,12H,1-5,8,14H2. The lowest BCUT2D eigenvalue weighted by atomic mass is 9.80. The maximum absolute atomic E-state index is 6.34. The van der Waals surface area contributed by atoms with Gasteiger partial charge < -0.3 is 15.2 Å². The fourth-order valence-corrected chi connectivity index (χ4v) is 2.99. The predicted octanol–water partition coefficient (Wildman–Crippen LogP) is 1.06. The fourth-order valence-electron chi connectivity index (χ4n) is 2.99. The van der Waals surface area contributed by atoms with E-state index in [9.17, 15) is 0 Å². The van der Waals surface area contributed by atoms with Gasteiger partial charge >= 0.3 is 0 Å². The second-order valence-corrected chi connectivity index (χ2v) is 5.28. The number of nitrogens with zero attached hydrogens (tertiary/aromatic N) is 2. The lowest BCUT2D eigenvalue weighted by molar-refractivity contribution is -0.101. The largest absolute Gasteiger partial charge is 0.378 e. The molecule has 1 aromatic rings. The van der Waals surface area contributed by atoms with Gasteiger partial charge in [-0.1, -0.05) is 0 Å². The number of ether oxygens (including phenoxy) is 2. The van der Waals surface area contributed by atoms with E-state index in [1.807, 2.05) is 12.4 Å². The summed E-state index contributed by atoms with van der Waals surface area (Å²) < 4.78 is 11.4. The lowest BCUT2D eigenvalue weighted by Crippen LogP contribution is -2.43. The summed E-state index contributed by atoms with van der Waals surface area (Å²) in [5.41, 5.74) is 7.27. The normalized spacial score (nSPS) is 33.7. The molecule has 0 radical (unpaired) electrons. The van der Waals surface area contributed by atoms with Crippen molar-refractivity contribution in [3.63, 3.8) is 0 Å². The molecule has 1 aromatic heterocycles. The van der Waals surface area contributed by atoms with E-state index < -0.39 is 0 Å². The van der Waals surface area contributed by atoms with Crippen molar-refractivity contribution in [2.45, 2.75) is 30.9 Å². The maximum atomic E-state index is 6.34. The molecule has 2 aliphatic rings. The highest BCUT2D eigenvalue weighted by atomic mass is 16.6. The highest BCUT2D eigenvalue weighted by Crippen LogP contribution is 2.39. The number of hydrogen-bond donors (Lipinski definition) is 1. The van der Waals surface area contributed by atoms with E-state index in [0.717, 1.165) is 38.0 Å². The summed E-state index contributed by atoms with van der Waals surface area (Å²) in [6.45, 7) is 2.29. The Kier molecular flexibility index (Phi) is 3.28. The molecular weight excluding hydrogens is 230 g/mol. The molecule has 98 valence electrons. The van der Waals surface area contributed by atoms with Gasteiger partial charge in [-0.05, 0) is 18.8 Å². The molecule has 3 atom stereocenters. The first-order chi connectivity index (χ1) is 8.79. The predicted molar refractivity (Wildman–Crippen MR) is 65.8 cm³/mol. The molecule has 2 fully saturated rings. The fraction of sp³-hybridized carbons (Fsp3) is 0.692. The van der Waals surface area contributed by atoms with Gasteiger partial charge in [0.1, 0.15) is 6.33 Å². The first-order valence-corrected chi connectivity index (χ1v) is 6.51. The number of hydrogen-bond acceptors (Lipinski definition) is 5. The number of aromatic nitrogens is 2. The van der Waals surface area contributed by atoms with Gasteiger partial charge in [0, 0.05) is 43.6 Å². The van der Waals surface area contributed by atoms with Crippen LogP contribution in [-0.2, 0) is 9.47 Å².